The van der Waals surface area contributed by atoms with Crippen LogP contribution in [0.3, 0.4) is 0 Å². The van der Waals surface area contributed by atoms with E-state index in [0.29, 0.717) is 35.5 Å². The Kier molecular flexibility index (Phi) is 6.96. The average molecular weight is 550 g/mol. The van der Waals surface area contributed by atoms with Crippen molar-refractivity contribution >= 4 is 21.4 Å². The second-order valence-electron chi connectivity index (χ2n) is 9.83. The number of sulfone groups is 1. The topological polar surface area (TPSA) is 107 Å². The van der Waals surface area contributed by atoms with E-state index in [9.17, 15) is 13.2 Å². The van der Waals surface area contributed by atoms with Crippen molar-refractivity contribution in [1.82, 2.24) is 19.7 Å². The van der Waals surface area contributed by atoms with E-state index in [-0.39, 0.29) is 23.5 Å². The van der Waals surface area contributed by atoms with Crippen LogP contribution < -0.4 is 5.32 Å². The maximum absolute atomic E-state index is 13.0. The standard InChI is InChI=1S/C31H27N5O3S/c37-31(34-25-12-16-32-17-13-25)24-10-6-7-22(19-24)20-27-29(28-11-4-5-15-33-28)35-36(26-14-18-40(38,39)21-26)30(27)23-8-2-1-3-9-23/h1-13,15-17,19,26H,14,18,20-21H2,(H,32,34,37). The zero-order chi connectivity index (χ0) is 27.5. The Morgan fingerprint density at radius 3 is 2.45 bits per heavy atom. The molecule has 6 rings (SSSR count). The Morgan fingerprint density at radius 2 is 1.73 bits per heavy atom. The molecule has 5 aromatic rings. The van der Waals surface area contributed by atoms with Gasteiger partial charge in [0.1, 0.15) is 5.69 Å². The van der Waals surface area contributed by atoms with Crippen LogP contribution in [0.1, 0.15) is 33.9 Å². The third-order valence-electron chi connectivity index (χ3n) is 7.03. The van der Waals surface area contributed by atoms with Crippen molar-refractivity contribution in [2.24, 2.45) is 0 Å². The molecule has 0 spiro atoms. The molecule has 9 heteroatoms. The Balaban J connectivity index is 1.45. The second kappa shape index (κ2) is 10.9. The lowest BCUT2D eigenvalue weighted by Gasteiger charge is -2.15. The van der Waals surface area contributed by atoms with Crippen LogP contribution in [-0.2, 0) is 16.3 Å². The fraction of sp³-hybridized carbons (Fsp3) is 0.161. The fourth-order valence-corrected chi connectivity index (χ4v) is 6.84. The predicted octanol–water partition coefficient (Wildman–Crippen LogP) is 5.21. The van der Waals surface area contributed by atoms with Gasteiger partial charge < -0.3 is 5.32 Å². The minimum Gasteiger partial charge on any atom is -0.322 e. The molecular weight excluding hydrogens is 522 g/mol. The number of pyridine rings is 2. The lowest BCUT2D eigenvalue weighted by molar-refractivity contribution is 0.102. The molecule has 1 fully saturated rings. The molecule has 40 heavy (non-hydrogen) atoms. The molecule has 1 N–H and O–H groups in total. The molecular formula is C31H27N5O3S. The van der Waals surface area contributed by atoms with Gasteiger partial charge in [0.2, 0.25) is 0 Å². The van der Waals surface area contributed by atoms with Crippen LogP contribution in [-0.4, -0.2) is 45.6 Å². The summed E-state index contributed by atoms with van der Waals surface area (Å²) in [6, 6.07) is 26.3. The first kappa shape index (κ1) is 25.6. The van der Waals surface area contributed by atoms with Gasteiger partial charge in [-0.15, -0.1) is 0 Å². The summed E-state index contributed by atoms with van der Waals surface area (Å²) in [4.78, 5) is 21.6. The predicted molar refractivity (Wildman–Crippen MR) is 155 cm³/mol. The van der Waals surface area contributed by atoms with Gasteiger partial charge in [-0.3, -0.25) is 19.4 Å². The quantitative estimate of drug-likeness (QED) is 0.299. The monoisotopic (exact) mass is 549 g/mol. The van der Waals surface area contributed by atoms with Crippen molar-refractivity contribution in [2.45, 2.75) is 18.9 Å². The van der Waals surface area contributed by atoms with Crippen molar-refractivity contribution in [2.75, 3.05) is 16.8 Å². The molecule has 4 heterocycles. The maximum atomic E-state index is 13.0. The maximum Gasteiger partial charge on any atom is 0.255 e. The summed E-state index contributed by atoms with van der Waals surface area (Å²) in [6.07, 6.45) is 5.97. The number of anilines is 1. The first-order valence-corrected chi connectivity index (χ1v) is 14.9. The molecule has 1 unspecified atom stereocenters. The van der Waals surface area contributed by atoms with Gasteiger partial charge in [0, 0.05) is 47.4 Å². The first-order chi connectivity index (χ1) is 19.5. The Bertz CT molecular complexity index is 1760. The van der Waals surface area contributed by atoms with Gasteiger partial charge in [0.05, 0.1) is 28.9 Å². The molecule has 3 aromatic heterocycles. The highest BCUT2D eigenvalue weighted by Gasteiger charge is 2.33. The zero-order valence-corrected chi connectivity index (χ0v) is 22.5. The number of carbonyl (C=O) groups is 1. The first-order valence-electron chi connectivity index (χ1n) is 13.1. The summed E-state index contributed by atoms with van der Waals surface area (Å²) in [7, 11) is -3.14. The SMILES string of the molecule is O=C(Nc1ccncc1)c1cccc(Cc2c(-c3ccccn3)nn(C3CCS(=O)(=O)C3)c2-c2ccccc2)c1. The van der Waals surface area contributed by atoms with Gasteiger partial charge >= 0.3 is 0 Å². The van der Waals surface area contributed by atoms with Gasteiger partial charge in [0.25, 0.3) is 5.91 Å². The van der Waals surface area contributed by atoms with E-state index in [1.807, 2.05) is 71.4 Å². The largest absolute Gasteiger partial charge is 0.322 e. The van der Waals surface area contributed by atoms with Crippen LogP contribution in [0.5, 0.6) is 0 Å². The number of hydrogen-bond acceptors (Lipinski definition) is 6. The van der Waals surface area contributed by atoms with Crippen LogP contribution in [0, 0.1) is 0 Å². The molecule has 0 bridgehead atoms. The van der Waals surface area contributed by atoms with Crippen molar-refractivity contribution in [3.63, 3.8) is 0 Å². The minimum absolute atomic E-state index is 0.0558. The number of nitrogens with zero attached hydrogens (tertiary/aromatic N) is 4. The van der Waals surface area contributed by atoms with Gasteiger partial charge in [-0.25, -0.2) is 8.42 Å². The van der Waals surface area contributed by atoms with Gasteiger partial charge in [-0.1, -0.05) is 48.5 Å². The van der Waals surface area contributed by atoms with Gasteiger partial charge in [-0.05, 0) is 48.4 Å². The van der Waals surface area contributed by atoms with Crippen LogP contribution in [0.25, 0.3) is 22.6 Å². The zero-order valence-electron chi connectivity index (χ0n) is 21.6. The van der Waals surface area contributed by atoms with Crippen LogP contribution in [0.4, 0.5) is 5.69 Å². The van der Waals surface area contributed by atoms with E-state index < -0.39 is 9.84 Å². The molecule has 8 nitrogen and oxygen atoms in total. The number of amides is 1. The van der Waals surface area contributed by atoms with Crippen LogP contribution in [0.15, 0.2) is 104 Å². The van der Waals surface area contributed by atoms with Crippen molar-refractivity contribution in [3.05, 3.63) is 120 Å². The number of aromatic nitrogens is 4. The molecule has 1 atom stereocenters. The Morgan fingerprint density at radius 1 is 0.925 bits per heavy atom. The van der Waals surface area contributed by atoms with Crippen LogP contribution >= 0.6 is 0 Å². The summed E-state index contributed by atoms with van der Waals surface area (Å²) in [5, 5.41) is 7.93. The summed E-state index contributed by atoms with van der Waals surface area (Å²) in [6.45, 7) is 0. The molecule has 0 saturated carbocycles. The highest BCUT2D eigenvalue weighted by atomic mass is 32.2. The lowest BCUT2D eigenvalue weighted by Crippen LogP contribution is -2.14. The lowest BCUT2D eigenvalue weighted by atomic mass is 9.96. The van der Waals surface area contributed by atoms with Gasteiger partial charge in [0.15, 0.2) is 9.84 Å². The number of nitrogens with one attached hydrogen (secondary N) is 1. The van der Waals surface area contributed by atoms with E-state index in [1.165, 1.54) is 0 Å². The van der Waals surface area contributed by atoms with Crippen molar-refractivity contribution < 1.29 is 13.2 Å². The number of rotatable bonds is 7. The third-order valence-corrected chi connectivity index (χ3v) is 8.78. The van der Waals surface area contributed by atoms with E-state index >= 15 is 0 Å². The Labute approximate surface area is 232 Å². The summed E-state index contributed by atoms with van der Waals surface area (Å²) in [5.41, 5.74) is 6.29. The fourth-order valence-electron chi connectivity index (χ4n) is 5.14. The molecule has 1 aliphatic heterocycles. The van der Waals surface area contributed by atoms with Crippen LogP contribution in [0.2, 0.25) is 0 Å². The Hall–Kier alpha value is -4.63. The average Bonchev–Trinajstić information content (AvgIpc) is 3.54. The van der Waals surface area contributed by atoms with E-state index in [1.54, 1.807) is 36.8 Å². The molecule has 0 radical (unpaired) electrons. The van der Waals surface area contributed by atoms with Gasteiger partial charge in [-0.2, -0.15) is 5.10 Å². The van der Waals surface area contributed by atoms with E-state index in [4.69, 9.17) is 5.10 Å². The molecule has 2 aromatic carbocycles. The van der Waals surface area contributed by atoms with E-state index in [0.717, 1.165) is 22.4 Å². The summed E-state index contributed by atoms with van der Waals surface area (Å²) in [5.74, 6) is -0.0114. The molecule has 1 aliphatic rings. The normalized spacial score (nSPS) is 16.1. The second-order valence-corrected chi connectivity index (χ2v) is 12.1. The summed E-state index contributed by atoms with van der Waals surface area (Å²) >= 11 is 0. The number of benzene rings is 2. The smallest absolute Gasteiger partial charge is 0.255 e. The summed E-state index contributed by atoms with van der Waals surface area (Å²) < 4.78 is 26.8. The number of carbonyl (C=O) groups excluding carboxylic acids is 1. The molecule has 1 amide bonds. The molecule has 0 aliphatic carbocycles. The molecule has 200 valence electrons. The third kappa shape index (κ3) is 5.41. The minimum atomic E-state index is -3.14. The highest BCUT2D eigenvalue weighted by molar-refractivity contribution is 7.91. The molecule has 1 saturated heterocycles. The van der Waals surface area contributed by atoms with Crippen molar-refractivity contribution in [3.8, 4) is 22.6 Å². The number of hydrogen-bond donors (Lipinski definition) is 1. The van der Waals surface area contributed by atoms with Crippen molar-refractivity contribution in [1.29, 1.82) is 0 Å². The highest BCUT2D eigenvalue weighted by Crippen LogP contribution is 2.37. The van der Waals surface area contributed by atoms with E-state index in [2.05, 4.69) is 15.3 Å².